The van der Waals surface area contributed by atoms with Crippen molar-refractivity contribution in [3.63, 3.8) is 0 Å². The van der Waals surface area contributed by atoms with Crippen LogP contribution >= 0.6 is 0 Å². The molecule has 2 rings (SSSR count). The summed E-state index contributed by atoms with van der Waals surface area (Å²) in [7, 11) is 0. The Balaban J connectivity index is 1.86. The van der Waals surface area contributed by atoms with Crippen molar-refractivity contribution in [3.8, 4) is 6.07 Å². The highest BCUT2D eigenvalue weighted by Crippen LogP contribution is 2.27. The Labute approximate surface area is 128 Å². The highest BCUT2D eigenvalue weighted by molar-refractivity contribution is 5.91. The molecule has 0 aromatic heterocycles. The number of hydrogen-bond acceptors (Lipinski definition) is 4. The van der Waals surface area contributed by atoms with Crippen LogP contribution in [0.5, 0.6) is 0 Å². The number of carbonyl (C=O) groups excluding carboxylic acids is 2. The van der Waals surface area contributed by atoms with Gasteiger partial charge in [-0.15, -0.1) is 0 Å². The molecule has 0 aliphatic heterocycles. The van der Waals surface area contributed by atoms with Crippen molar-refractivity contribution in [1.82, 2.24) is 5.32 Å². The molecule has 22 heavy (non-hydrogen) atoms. The molecule has 1 amide bonds. The zero-order valence-corrected chi connectivity index (χ0v) is 12.1. The fourth-order valence-corrected chi connectivity index (χ4v) is 2.52. The molecule has 0 radical (unpaired) electrons. The molecule has 1 N–H and O–H groups in total. The van der Waals surface area contributed by atoms with E-state index >= 15 is 0 Å². The van der Waals surface area contributed by atoms with Gasteiger partial charge >= 0.3 is 5.97 Å². The number of nitrogens with zero attached hydrogens (tertiary/aromatic N) is 1. The maximum absolute atomic E-state index is 12.8. The van der Waals surface area contributed by atoms with Crippen LogP contribution in [-0.2, 0) is 9.53 Å². The van der Waals surface area contributed by atoms with E-state index in [1.165, 1.54) is 12.1 Å². The molecular weight excluding hydrogens is 287 g/mol. The minimum atomic E-state index is -0.850. The van der Waals surface area contributed by atoms with Crippen LogP contribution in [0.15, 0.2) is 24.3 Å². The number of halogens is 1. The highest BCUT2D eigenvalue weighted by atomic mass is 19.1. The number of nitrogens with one attached hydrogen (secondary N) is 1. The minimum absolute atomic E-state index is 0.168. The summed E-state index contributed by atoms with van der Waals surface area (Å²) in [5.41, 5.74) is -0.681. The van der Waals surface area contributed by atoms with Crippen molar-refractivity contribution in [2.75, 3.05) is 6.61 Å². The minimum Gasteiger partial charge on any atom is -0.452 e. The number of rotatable bonds is 4. The average molecular weight is 304 g/mol. The lowest BCUT2D eigenvalue weighted by Crippen LogP contribution is -2.50. The molecule has 6 heteroatoms. The van der Waals surface area contributed by atoms with Gasteiger partial charge in [-0.2, -0.15) is 5.26 Å². The zero-order chi connectivity index (χ0) is 16.0. The third kappa shape index (κ3) is 4.04. The number of carbonyl (C=O) groups is 2. The number of ether oxygens (including phenoxy) is 1. The van der Waals surface area contributed by atoms with Crippen LogP contribution in [0.1, 0.15) is 42.5 Å². The van der Waals surface area contributed by atoms with Gasteiger partial charge in [-0.3, -0.25) is 4.79 Å². The fraction of sp³-hybridized carbons (Fsp3) is 0.438. The second-order valence-corrected chi connectivity index (χ2v) is 5.39. The Morgan fingerprint density at radius 2 is 1.86 bits per heavy atom. The summed E-state index contributed by atoms with van der Waals surface area (Å²) >= 11 is 0. The smallest absolute Gasteiger partial charge is 0.338 e. The van der Waals surface area contributed by atoms with Gasteiger partial charge in [0.1, 0.15) is 11.4 Å². The molecule has 1 saturated carbocycles. The van der Waals surface area contributed by atoms with Crippen molar-refractivity contribution in [1.29, 1.82) is 5.26 Å². The lowest BCUT2D eigenvalue weighted by atomic mass is 9.83. The van der Waals surface area contributed by atoms with E-state index in [9.17, 15) is 19.2 Å². The predicted octanol–water partition coefficient (Wildman–Crippen LogP) is 2.33. The van der Waals surface area contributed by atoms with Crippen LogP contribution < -0.4 is 5.32 Å². The molecule has 1 aliphatic rings. The van der Waals surface area contributed by atoms with Gasteiger partial charge in [-0.05, 0) is 37.1 Å². The summed E-state index contributed by atoms with van der Waals surface area (Å²) in [4.78, 5) is 23.6. The van der Waals surface area contributed by atoms with Crippen LogP contribution in [0.2, 0.25) is 0 Å². The molecule has 1 fully saturated rings. The predicted molar refractivity (Wildman–Crippen MR) is 76.3 cm³/mol. The summed E-state index contributed by atoms with van der Waals surface area (Å²) in [5, 5.41) is 11.9. The van der Waals surface area contributed by atoms with Crippen molar-refractivity contribution < 1.29 is 18.7 Å². The van der Waals surface area contributed by atoms with Gasteiger partial charge in [0.05, 0.1) is 11.6 Å². The molecule has 0 spiro atoms. The lowest BCUT2D eigenvalue weighted by Gasteiger charge is -2.31. The summed E-state index contributed by atoms with van der Waals surface area (Å²) in [6, 6.07) is 7.01. The van der Waals surface area contributed by atoms with Crippen molar-refractivity contribution >= 4 is 11.9 Å². The second kappa shape index (κ2) is 7.03. The van der Waals surface area contributed by atoms with E-state index in [4.69, 9.17) is 4.74 Å². The maximum Gasteiger partial charge on any atom is 0.338 e. The first kappa shape index (κ1) is 16.0. The number of nitriles is 1. The summed E-state index contributed by atoms with van der Waals surface area (Å²) in [6.45, 7) is -0.459. The van der Waals surface area contributed by atoms with Gasteiger partial charge in [0.2, 0.25) is 0 Å². The largest absolute Gasteiger partial charge is 0.452 e. The molecule has 0 bridgehead atoms. The molecular formula is C16H17FN2O3. The van der Waals surface area contributed by atoms with Crippen molar-refractivity contribution in [2.24, 2.45) is 0 Å². The van der Waals surface area contributed by atoms with Crippen LogP contribution in [0.4, 0.5) is 4.39 Å². The maximum atomic E-state index is 12.8. The van der Waals surface area contributed by atoms with E-state index in [0.717, 1.165) is 31.4 Å². The standard InChI is InChI=1S/C16H17FN2O3/c17-13-6-4-12(5-7-13)15(21)22-10-14(20)19-16(11-18)8-2-1-3-9-16/h4-7H,1-3,8-10H2,(H,19,20). The van der Waals surface area contributed by atoms with E-state index < -0.39 is 29.8 Å². The Hall–Kier alpha value is -2.42. The number of hydrogen-bond donors (Lipinski definition) is 1. The molecule has 0 unspecified atom stereocenters. The normalized spacial score (nSPS) is 16.4. The first-order valence-electron chi connectivity index (χ1n) is 7.20. The van der Waals surface area contributed by atoms with Crippen molar-refractivity contribution in [3.05, 3.63) is 35.6 Å². The fourth-order valence-electron chi connectivity index (χ4n) is 2.52. The highest BCUT2D eigenvalue weighted by Gasteiger charge is 2.33. The molecule has 1 aromatic carbocycles. The summed E-state index contributed by atoms with van der Waals surface area (Å²) in [5.74, 6) is -1.66. The van der Waals surface area contributed by atoms with E-state index in [0.29, 0.717) is 12.8 Å². The Kier molecular flexibility index (Phi) is 5.10. The molecule has 5 nitrogen and oxygen atoms in total. The van der Waals surface area contributed by atoms with E-state index in [1.54, 1.807) is 0 Å². The van der Waals surface area contributed by atoms with Gasteiger partial charge < -0.3 is 10.1 Å². The van der Waals surface area contributed by atoms with Crippen LogP contribution in [0.3, 0.4) is 0 Å². The molecule has 0 saturated heterocycles. The van der Waals surface area contributed by atoms with Crippen molar-refractivity contribution in [2.45, 2.75) is 37.6 Å². The number of amides is 1. The molecule has 1 aromatic rings. The average Bonchev–Trinajstić information content (AvgIpc) is 2.54. The summed E-state index contributed by atoms with van der Waals surface area (Å²) < 4.78 is 17.6. The van der Waals surface area contributed by atoms with E-state index in [1.807, 2.05) is 0 Å². The Morgan fingerprint density at radius 1 is 1.23 bits per heavy atom. The number of benzene rings is 1. The zero-order valence-electron chi connectivity index (χ0n) is 12.1. The van der Waals surface area contributed by atoms with Gasteiger partial charge in [-0.25, -0.2) is 9.18 Å². The van der Waals surface area contributed by atoms with Gasteiger partial charge in [0.25, 0.3) is 5.91 Å². The van der Waals surface area contributed by atoms with E-state index in [-0.39, 0.29) is 5.56 Å². The molecule has 0 atom stereocenters. The summed E-state index contributed by atoms with van der Waals surface area (Å²) in [6.07, 6.45) is 4.06. The third-order valence-corrected chi connectivity index (χ3v) is 3.71. The monoisotopic (exact) mass is 304 g/mol. The van der Waals surface area contributed by atoms with E-state index in [2.05, 4.69) is 11.4 Å². The topological polar surface area (TPSA) is 79.2 Å². The second-order valence-electron chi connectivity index (χ2n) is 5.39. The van der Waals surface area contributed by atoms with Gasteiger partial charge in [0, 0.05) is 0 Å². The van der Waals surface area contributed by atoms with Crippen LogP contribution in [0, 0.1) is 17.1 Å². The molecule has 116 valence electrons. The van der Waals surface area contributed by atoms with Crippen LogP contribution in [-0.4, -0.2) is 24.0 Å². The molecule has 1 aliphatic carbocycles. The first-order valence-corrected chi connectivity index (χ1v) is 7.20. The quantitative estimate of drug-likeness (QED) is 0.866. The van der Waals surface area contributed by atoms with Gasteiger partial charge in [0.15, 0.2) is 6.61 Å². The lowest BCUT2D eigenvalue weighted by molar-refractivity contribution is -0.125. The Morgan fingerprint density at radius 3 is 2.45 bits per heavy atom. The van der Waals surface area contributed by atoms with Crippen LogP contribution in [0.25, 0.3) is 0 Å². The SMILES string of the molecule is N#CC1(NC(=O)COC(=O)c2ccc(F)cc2)CCCCC1. The van der Waals surface area contributed by atoms with Gasteiger partial charge in [-0.1, -0.05) is 19.3 Å². The number of esters is 1. The molecule has 0 heterocycles. The first-order chi connectivity index (χ1) is 10.5. The third-order valence-electron chi connectivity index (χ3n) is 3.71. The Bertz CT molecular complexity index is 586.